The Morgan fingerprint density at radius 2 is 1.89 bits per heavy atom. The maximum Gasteiger partial charge on any atom is 1.00 e. The van der Waals surface area contributed by atoms with Gasteiger partial charge in [-0.05, 0) is 12.8 Å². The fraction of sp³-hybridized carbons (Fsp3) is 0.625. The van der Waals surface area contributed by atoms with E-state index in [2.05, 4.69) is 13.5 Å². The van der Waals surface area contributed by atoms with E-state index in [-0.39, 0.29) is 18.9 Å². The van der Waals surface area contributed by atoms with Gasteiger partial charge in [0.05, 0.1) is 0 Å². The molecule has 0 aromatic rings. The summed E-state index contributed by atoms with van der Waals surface area (Å²) < 4.78 is 0. The number of rotatable bonds is 5. The maximum absolute atomic E-state index is 3.76. The van der Waals surface area contributed by atoms with E-state index in [1.54, 1.807) is 0 Å². The van der Waals surface area contributed by atoms with Crippen LogP contribution in [0, 0.1) is 6.92 Å². The Bertz CT molecular complexity index is 50.5. The van der Waals surface area contributed by atoms with Crippen LogP contribution in [0.2, 0.25) is 0 Å². The van der Waals surface area contributed by atoms with E-state index in [0.29, 0.717) is 0 Å². The van der Waals surface area contributed by atoms with E-state index >= 15 is 0 Å². The van der Waals surface area contributed by atoms with Gasteiger partial charge >= 0.3 is 18.9 Å². The Labute approximate surface area is 70.9 Å². The van der Waals surface area contributed by atoms with Gasteiger partial charge in [0.2, 0.25) is 0 Å². The van der Waals surface area contributed by atoms with Crippen LogP contribution < -0.4 is 18.9 Å². The normalized spacial score (nSPS) is 8.11. The summed E-state index contributed by atoms with van der Waals surface area (Å²) in [5, 5.41) is 0. The van der Waals surface area contributed by atoms with Crippen molar-refractivity contribution in [3.8, 4) is 0 Å². The van der Waals surface area contributed by atoms with Crippen molar-refractivity contribution in [2.24, 2.45) is 0 Å². The van der Waals surface area contributed by atoms with E-state index < -0.39 is 0 Å². The van der Waals surface area contributed by atoms with Gasteiger partial charge in [-0.1, -0.05) is 18.9 Å². The summed E-state index contributed by atoms with van der Waals surface area (Å²) in [4.78, 5) is 0. The fourth-order valence-electron chi connectivity index (χ4n) is 0.642. The third kappa shape index (κ3) is 11.8. The molecule has 0 aromatic heterocycles. The van der Waals surface area contributed by atoms with Crippen LogP contribution >= 0.6 is 0 Å². The molecule has 0 aliphatic heterocycles. The van der Waals surface area contributed by atoms with Crippen molar-refractivity contribution in [1.29, 1.82) is 0 Å². The van der Waals surface area contributed by atoms with Crippen molar-refractivity contribution in [1.82, 2.24) is 0 Å². The first-order valence-corrected chi connectivity index (χ1v) is 3.32. The molecule has 0 nitrogen and oxygen atoms in total. The summed E-state index contributed by atoms with van der Waals surface area (Å²) in [6.07, 6.45) is 8.10. The zero-order valence-electron chi connectivity index (χ0n) is 6.53. The number of hydrogen-bond donors (Lipinski definition) is 0. The van der Waals surface area contributed by atoms with E-state index in [4.69, 9.17) is 0 Å². The Morgan fingerprint density at radius 3 is 2.33 bits per heavy atom. The first-order chi connectivity index (χ1) is 3.91. The van der Waals surface area contributed by atoms with Crippen LogP contribution in [0.1, 0.15) is 32.1 Å². The van der Waals surface area contributed by atoms with Crippen LogP contribution in [0.4, 0.5) is 0 Å². The average Bonchev–Trinajstić information content (AvgIpc) is 1.81. The summed E-state index contributed by atoms with van der Waals surface area (Å²) in [5.41, 5.74) is 0. The summed E-state index contributed by atoms with van der Waals surface area (Å²) in [6.45, 7) is 7.40. The molecule has 1 heteroatoms. The average molecular weight is 118 g/mol. The molecule has 0 unspecified atom stereocenters. The van der Waals surface area contributed by atoms with Crippen molar-refractivity contribution in [2.45, 2.75) is 32.1 Å². The van der Waals surface area contributed by atoms with Crippen LogP contribution in [-0.2, 0) is 0 Å². The molecule has 0 heterocycles. The minimum Gasteiger partial charge on any atom is -0.343 e. The molecule has 0 aliphatic rings. The predicted octanol–water partition coefficient (Wildman–Crippen LogP) is -0.0390. The van der Waals surface area contributed by atoms with Gasteiger partial charge in [0.1, 0.15) is 0 Å². The Hall–Kier alpha value is 0.337. The Balaban J connectivity index is 0. The van der Waals surface area contributed by atoms with E-state index in [1.807, 2.05) is 6.08 Å². The first kappa shape index (κ1) is 12.1. The molecule has 48 valence electrons. The molecule has 0 aromatic carbocycles. The largest absolute Gasteiger partial charge is 1.00 e. The van der Waals surface area contributed by atoms with Crippen LogP contribution in [0.25, 0.3) is 0 Å². The van der Waals surface area contributed by atoms with Crippen molar-refractivity contribution < 1.29 is 18.9 Å². The quantitative estimate of drug-likeness (QED) is 0.206. The molecule has 9 heavy (non-hydrogen) atoms. The van der Waals surface area contributed by atoms with E-state index in [1.165, 1.54) is 25.7 Å². The molecule has 0 saturated heterocycles. The van der Waals surface area contributed by atoms with Gasteiger partial charge in [-0.2, -0.15) is 6.42 Å². The van der Waals surface area contributed by atoms with Gasteiger partial charge in [0.25, 0.3) is 0 Å². The van der Waals surface area contributed by atoms with Crippen LogP contribution in [0.15, 0.2) is 12.7 Å². The van der Waals surface area contributed by atoms with Crippen LogP contribution in [0.5, 0.6) is 0 Å². The van der Waals surface area contributed by atoms with Crippen molar-refractivity contribution in [2.75, 3.05) is 0 Å². The zero-order valence-corrected chi connectivity index (χ0v) is 6.53. The van der Waals surface area contributed by atoms with Gasteiger partial charge in [-0.25, -0.2) is 0 Å². The van der Waals surface area contributed by atoms with Gasteiger partial charge in [-0.15, -0.1) is 6.58 Å². The second-order valence-corrected chi connectivity index (χ2v) is 1.99. The molecular formula is C8H15Li. The summed E-state index contributed by atoms with van der Waals surface area (Å²) in [5.74, 6) is 0. The topological polar surface area (TPSA) is 0 Å². The van der Waals surface area contributed by atoms with Crippen LogP contribution in [0.3, 0.4) is 0 Å². The number of unbranched alkanes of at least 4 members (excludes halogenated alkanes) is 4. The Morgan fingerprint density at radius 1 is 1.22 bits per heavy atom. The van der Waals surface area contributed by atoms with Crippen molar-refractivity contribution >= 4 is 0 Å². The molecule has 0 spiro atoms. The molecule has 0 amide bonds. The monoisotopic (exact) mass is 118 g/mol. The maximum atomic E-state index is 3.76. The van der Waals surface area contributed by atoms with E-state index in [9.17, 15) is 0 Å². The molecular weight excluding hydrogens is 103 g/mol. The Kier molecular flexibility index (Phi) is 15.0. The minimum absolute atomic E-state index is 0. The zero-order chi connectivity index (χ0) is 6.24. The standard InChI is InChI=1S/C8H15.Li/c1-3-5-7-8-6-4-2;/h3H,1-2,4-8H2;/q-1;+1. The number of hydrogen-bond acceptors (Lipinski definition) is 0. The smallest absolute Gasteiger partial charge is 0.343 e. The summed E-state index contributed by atoms with van der Waals surface area (Å²) in [7, 11) is 0. The number of allylic oxidation sites excluding steroid dienone is 1. The van der Waals surface area contributed by atoms with Gasteiger partial charge in [0.15, 0.2) is 0 Å². The third-order valence-electron chi connectivity index (χ3n) is 1.16. The molecule has 0 saturated carbocycles. The van der Waals surface area contributed by atoms with Crippen molar-refractivity contribution in [3.63, 3.8) is 0 Å². The third-order valence-corrected chi connectivity index (χ3v) is 1.16. The molecule has 0 rings (SSSR count). The second-order valence-electron chi connectivity index (χ2n) is 1.99. The van der Waals surface area contributed by atoms with E-state index in [0.717, 1.165) is 6.42 Å². The van der Waals surface area contributed by atoms with Gasteiger partial charge in [0, 0.05) is 0 Å². The minimum atomic E-state index is 0. The SMILES string of the molecule is C=CCCCCC[CH2-].[Li+]. The summed E-state index contributed by atoms with van der Waals surface area (Å²) in [6, 6.07) is 0. The van der Waals surface area contributed by atoms with Crippen molar-refractivity contribution in [3.05, 3.63) is 19.6 Å². The molecule has 0 fully saturated rings. The first-order valence-electron chi connectivity index (χ1n) is 3.32. The molecule has 0 aliphatic carbocycles. The fourth-order valence-corrected chi connectivity index (χ4v) is 0.642. The van der Waals surface area contributed by atoms with Gasteiger partial charge < -0.3 is 6.92 Å². The second kappa shape index (κ2) is 11.2. The predicted molar refractivity (Wildman–Crippen MR) is 38.6 cm³/mol. The molecule has 0 radical (unpaired) electrons. The summed E-state index contributed by atoms with van der Waals surface area (Å²) >= 11 is 0. The van der Waals surface area contributed by atoms with Crippen LogP contribution in [-0.4, -0.2) is 0 Å². The van der Waals surface area contributed by atoms with Gasteiger partial charge in [-0.3, -0.25) is 0 Å². The molecule has 0 atom stereocenters. The molecule has 0 N–H and O–H groups in total. The molecule has 0 bridgehead atoms.